The molecule has 2 aliphatic carbocycles. The van der Waals surface area contributed by atoms with Crippen molar-refractivity contribution in [3.8, 4) is 0 Å². The Hall–Kier alpha value is -1.31. The average molecular weight is 287 g/mol. The van der Waals surface area contributed by atoms with E-state index in [0.717, 1.165) is 11.8 Å². The molecule has 0 saturated heterocycles. The highest BCUT2D eigenvalue weighted by Gasteiger charge is 2.24. The van der Waals surface area contributed by atoms with Gasteiger partial charge in [-0.3, -0.25) is 4.79 Å². The number of primary amides is 1. The van der Waals surface area contributed by atoms with E-state index in [1.165, 1.54) is 38.5 Å². The summed E-state index contributed by atoms with van der Waals surface area (Å²) in [6.45, 7) is 0. The van der Waals surface area contributed by atoms with Gasteiger partial charge in [0.15, 0.2) is 0 Å². The molecule has 1 amide bonds. The molecule has 116 valence electrons. The van der Waals surface area contributed by atoms with Crippen LogP contribution in [0.2, 0.25) is 0 Å². The predicted octanol–water partition coefficient (Wildman–Crippen LogP) is 4.93. The zero-order valence-electron chi connectivity index (χ0n) is 13.1. The molecule has 0 bridgehead atoms. The lowest BCUT2D eigenvalue weighted by Crippen LogP contribution is -2.20. The summed E-state index contributed by atoms with van der Waals surface area (Å²) >= 11 is 0. The van der Waals surface area contributed by atoms with E-state index in [1.807, 2.05) is 6.07 Å². The fourth-order valence-electron chi connectivity index (χ4n) is 3.81. The maximum absolute atomic E-state index is 10.4. The van der Waals surface area contributed by atoms with Crippen LogP contribution in [-0.2, 0) is 0 Å². The van der Waals surface area contributed by atoms with Gasteiger partial charge < -0.3 is 5.73 Å². The van der Waals surface area contributed by atoms with Crippen molar-refractivity contribution in [3.63, 3.8) is 0 Å². The van der Waals surface area contributed by atoms with Crippen molar-refractivity contribution in [2.45, 2.75) is 64.2 Å². The van der Waals surface area contributed by atoms with Crippen LogP contribution in [0.3, 0.4) is 0 Å². The third kappa shape index (κ3) is 5.53. The Morgan fingerprint density at radius 3 is 1.52 bits per heavy atom. The van der Waals surface area contributed by atoms with Crippen molar-refractivity contribution >= 4 is 5.91 Å². The van der Waals surface area contributed by atoms with Gasteiger partial charge in [0.25, 0.3) is 0 Å². The van der Waals surface area contributed by atoms with Gasteiger partial charge in [0.2, 0.25) is 5.91 Å². The standard InChI is InChI=1S/C12H22.C7H7NO/c1-3-7-11(8-4-1)12-9-5-2-6-10-12;8-7(9)6-4-2-1-3-5-6/h11-12H,1-10H2;1-5H,(H2,8,9). The fraction of sp³-hybridized carbons (Fsp3) is 0.632. The van der Waals surface area contributed by atoms with Gasteiger partial charge in [0, 0.05) is 5.56 Å². The number of amides is 1. The smallest absolute Gasteiger partial charge is 0.248 e. The van der Waals surface area contributed by atoms with E-state index in [-0.39, 0.29) is 5.91 Å². The summed E-state index contributed by atoms with van der Waals surface area (Å²) < 4.78 is 0. The first-order chi connectivity index (χ1) is 10.3. The minimum absolute atomic E-state index is 0.379. The maximum atomic E-state index is 10.4. The molecule has 0 radical (unpaired) electrons. The van der Waals surface area contributed by atoms with Crippen LogP contribution in [0.5, 0.6) is 0 Å². The molecule has 0 atom stereocenters. The predicted molar refractivity (Wildman–Crippen MR) is 88.1 cm³/mol. The van der Waals surface area contributed by atoms with Gasteiger partial charge in [-0.05, 0) is 24.0 Å². The number of carbonyl (C=O) groups excluding carboxylic acids is 1. The lowest BCUT2D eigenvalue weighted by atomic mass is 9.73. The molecular formula is C19H29NO. The van der Waals surface area contributed by atoms with E-state index >= 15 is 0 Å². The molecule has 0 heterocycles. The van der Waals surface area contributed by atoms with Gasteiger partial charge in [0.05, 0.1) is 0 Å². The summed E-state index contributed by atoms with van der Waals surface area (Å²) in [5, 5.41) is 0. The van der Waals surface area contributed by atoms with Crippen LogP contribution >= 0.6 is 0 Å². The molecule has 1 aromatic carbocycles. The van der Waals surface area contributed by atoms with Gasteiger partial charge in [-0.15, -0.1) is 0 Å². The van der Waals surface area contributed by atoms with Crippen LogP contribution in [0.15, 0.2) is 30.3 Å². The van der Waals surface area contributed by atoms with Crippen LogP contribution in [0.25, 0.3) is 0 Å². The van der Waals surface area contributed by atoms with Gasteiger partial charge in [0.1, 0.15) is 0 Å². The number of carbonyl (C=O) groups is 1. The maximum Gasteiger partial charge on any atom is 0.248 e. The van der Waals surface area contributed by atoms with Gasteiger partial charge >= 0.3 is 0 Å². The minimum Gasteiger partial charge on any atom is -0.366 e. The second kappa shape index (κ2) is 8.86. The average Bonchev–Trinajstić information content (AvgIpc) is 2.58. The fourth-order valence-corrected chi connectivity index (χ4v) is 3.81. The van der Waals surface area contributed by atoms with Crippen molar-refractivity contribution in [1.29, 1.82) is 0 Å². The van der Waals surface area contributed by atoms with Crippen molar-refractivity contribution in [2.75, 3.05) is 0 Å². The zero-order chi connectivity index (χ0) is 14.9. The van der Waals surface area contributed by atoms with Crippen LogP contribution in [-0.4, -0.2) is 5.91 Å². The van der Waals surface area contributed by atoms with Gasteiger partial charge in [-0.2, -0.15) is 0 Å². The van der Waals surface area contributed by atoms with E-state index in [0.29, 0.717) is 5.56 Å². The first-order valence-corrected chi connectivity index (χ1v) is 8.62. The van der Waals surface area contributed by atoms with E-state index < -0.39 is 0 Å². The molecule has 2 saturated carbocycles. The molecule has 2 aliphatic rings. The Bertz CT molecular complexity index is 387. The monoisotopic (exact) mass is 287 g/mol. The minimum atomic E-state index is -0.379. The van der Waals surface area contributed by atoms with Crippen molar-refractivity contribution in [3.05, 3.63) is 35.9 Å². The third-order valence-electron chi connectivity index (χ3n) is 5.02. The number of rotatable bonds is 2. The Balaban J connectivity index is 0.000000161. The third-order valence-corrected chi connectivity index (χ3v) is 5.02. The Kier molecular flexibility index (Phi) is 6.78. The normalized spacial score (nSPS) is 20.4. The molecule has 2 heteroatoms. The first-order valence-electron chi connectivity index (χ1n) is 8.62. The number of nitrogens with two attached hydrogens (primary N) is 1. The summed E-state index contributed by atoms with van der Waals surface area (Å²) in [5.41, 5.74) is 5.53. The summed E-state index contributed by atoms with van der Waals surface area (Å²) in [5.74, 6) is 1.90. The first kappa shape index (κ1) is 16.1. The van der Waals surface area contributed by atoms with E-state index in [1.54, 1.807) is 49.9 Å². The molecular weight excluding hydrogens is 258 g/mol. The molecule has 0 spiro atoms. The lowest BCUT2D eigenvalue weighted by molar-refractivity contribution is 0.100. The van der Waals surface area contributed by atoms with Crippen molar-refractivity contribution in [2.24, 2.45) is 17.6 Å². The van der Waals surface area contributed by atoms with Crippen molar-refractivity contribution in [1.82, 2.24) is 0 Å². The molecule has 2 fully saturated rings. The molecule has 0 aromatic heterocycles. The molecule has 2 N–H and O–H groups in total. The van der Waals surface area contributed by atoms with Crippen LogP contribution < -0.4 is 5.73 Å². The molecule has 3 rings (SSSR count). The largest absolute Gasteiger partial charge is 0.366 e. The highest BCUT2D eigenvalue weighted by molar-refractivity contribution is 5.92. The molecule has 0 aliphatic heterocycles. The van der Waals surface area contributed by atoms with E-state index in [4.69, 9.17) is 5.73 Å². The zero-order valence-corrected chi connectivity index (χ0v) is 13.1. The van der Waals surface area contributed by atoms with Crippen LogP contribution in [0.4, 0.5) is 0 Å². The SMILES string of the molecule is C1CCC(C2CCCCC2)CC1.NC(=O)c1ccccc1. The second-order valence-electron chi connectivity index (χ2n) is 6.53. The summed E-state index contributed by atoms with van der Waals surface area (Å²) in [7, 11) is 0. The highest BCUT2D eigenvalue weighted by Crippen LogP contribution is 2.37. The van der Waals surface area contributed by atoms with Crippen LogP contribution in [0, 0.1) is 11.8 Å². The van der Waals surface area contributed by atoms with Crippen molar-refractivity contribution < 1.29 is 4.79 Å². The molecule has 0 unspecified atom stereocenters. The number of benzene rings is 1. The van der Waals surface area contributed by atoms with Crippen LogP contribution in [0.1, 0.15) is 74.6 Å². The van der Waals surface area contributed by atoms with Gasteiger partial charge in [-0.25, -0.2) is 0 Å². The summed E-state index contributed by atoms with van der Waals surface area (Å²) in [4.78, 5) is 10.4. The highest BCUT2D eigenvalue weighted by atomic mass is 16.1. The molecule has 1 aromatic rings. The summed E-state index contributed by atoms with van der Waals surface area (Å²) in [6.07, 6.45) is 15.4. The van der Waals surface area contributed by atoms with E-state index in [2.05, 4.69) is 0 Å². The second-order valence-corrected chi connectivity index (χ2v) is 6.53. The number of hydrogen-bond acceptors (Lipinski definition) is 1. The number of hydrogen-bond donors (Lipinski definition) is 1. The van der Waals surface area contributed by atoms with E-state index in [9.17, 15) is 4.79 Å². The molecule has 21 heavy (non-hydrogen) atoms. The van der Waals surface area contributed by atoms with Gasteiger partial charge in [-0.1, -0.05) is 82.4 Å². The Morgan fingerprint density at radius 2 is 1.19 bits per heavy atom. The lowest BCUT2D eigenvalue weighted by Gasteiger charge is -2.32. The Morgan fingerprint density at radius 1 is 0.762 bits per heavy atom. The molecule has 2 nitrogen and oxygen atoms in total. The quantitative estimate of drug-likeness (QED) is 0.823. The Labute approximate surface area is 129 Å². The topological polar surface area (TPSA) is 43.1 Å². The summed E-state index contributed by atoms with van der Waals surface area (Å²) in [6, 6.07) is 8.76.